The van der Waals surface area contributed by atoms with E-state index in [0.29, 0.717) is 19.0 Å². The Bertz CT molecular complexity index is 580. The van der Waals surface area contributed by atoms with E-state index in [-0.39, 0.29) is 18.6 Å². The van der Waals surface area contributed by atoms with Crippen molar-refractivity contribution in [2.24, 2.45) is 0 Å². The normalized spacial score (nSPS) is 18.1. The summed E-state index contributed by atoms with van der Waals surface area (Å²) in [4.78, 5) is 14.0. The smallest absolute Gasteiger partial charge is 0.410 e. The number of hydrogen-bond donors (Lipinski definition) is 0. The molecule has 6 heteroatoms. The maximum absolute atomic E-state index is 12.3. The van der Waals surface area contributed by atoms with E-state index < -0.39 is 5.60 Å². The lowest BCUT2D eigenvalue weighted by molar-refractivity contribution is 0.0234. The molecular weight excluding hydrogens is 284 g/mol. The van der Waals surface area contributed by atoms with Gasteiger partial charge in [-0.2, -0.15) is 0 Å². The second-order valence-electron chi connectivity index (χ2n) is 6.41. The number of aromatic nitrogens is 1. The van der Waals surface area contributed by atoms with Gasteiger partial charge in [-0.05, 0) is 32.3 Å². The average Bonchev–Trinajstić information content (AvgIpc) is 2.73. The van der Waals surface area contributed by atoms with Crippen LogP contribution in [0.25, 0.3) is 0 Å². The quantitative estimate of drug-likeness (QED) is 0.786. The molecule has 22 heavy (non-hydrogen) atoms. The monoisotopic (exact) mass is 306 g/mol. The third-order valence-electron chi connectivity index (χ3n) is 3.35. The second-order valence-corrected chi connectivity index (χ2v) is 6.41. The number of terminal acetylenes is 1. The van der Waals surface area contributed by atoms with Crippen molar-refractivity contribution in [1.29, 1.82) is 0 Å². The first-order valence-corrected chi connectivity index (χ1v) is 7.34. The first-order chi connectivity index (χ1) is 10.3. The second kappa shape index (κ2) is 6.30. The average molecular weight is 306 g/mol. The van der Waals surface area contributed by atoms with E-state index in [1.165, 1.54) is 0 Å². The molecule has 0 aliphatic carbocycles. The first kappa shape index (κ1) is 16.2. The Morgan fingerprint density at radius 2 is 2.27 bits per heavy atom. The van der Waals surface area contributed by atoms with Crippen molar-refractivity contribution < 1.29 is 18.8 Å². The molecule has 0 bridgehead atoms. The standard InChI is InChI=1S/C16H22N2O4/c1-6-9-20-14-12-10-18(15(19)21-16(3,4)5)8-7-11(2)13(12)22-17-14/h1,11H,7-10H2,2-5H3. The number of carbonyl (C=O) groups is 1. The van der Waals surface area contributed by atoms with E-state index in [0.717, 1.165) is 17.7 Å². The summed E-state index contributed by atoms with van der Waals surface area (Å²) in [5.74, 6) is 3.65. The Kier molecular flexibility index (Phi) is 4.65. The van der Waals surface area contributed by atoms with Crippen molar-refractivity contribution in [3.8, 4) is 18.2 Å². The zero-order valence-electron chi connectivity index (χ0n) is 13.5. The van der Waals surface area contributed by atoms with E-state index in [1.807, 2.05) is 27.7 Å². The number of hydrogen-bond acceptors (Lipinski definition) is 5. The molecule has 1 aliphatic rings. The molecule has 0 aromatic carbocycles. The zero-order valence-corrected chi connectivity index (χ0v) is 13.5. The molecule has 120 valence electrons. The van der Waals surface area contributed by atoms with Crippen LogP contribution in [-0.2, 0) is 11.3 Å². The van der Waals surface area contributed by atoms with Crippen LogP contribution in [0, 0.1) is 12.3 Å². The molecule has 1 aliphatic heterocycles. The zero-order chi connectivity index (χ0) is 16.3. The highest BCUT2D eigenvalue weighted by molar-refractivity contribution is 5.68. The minimum Gasteiger partial charge on any atom is -0.462 e. The summed E-state index contributed by atoms with van der Waals surface area (Å²) >= 11 is 0. The largest absolute Gasteiger partial charge is 0.462 e. The molecule has 6 nitrogen and oxygen atoms in total. The van der Waals surface area contributed by atoms with Crippen LogP contribution in [0.15, 0.2) is 4.52 Å². The highest BCUT2D eigenvalue weighted by Crippen LogP contribution is 2.34. The molecule has 0 radical (unpaired) electrons. The van der Waals surface area contributed by atoms with Gasteiger partial charge in [-0.1, -0.05) is 12.8 Å². The van der Waals surface area contributed by atoms with Crippen LogP contribution in [0.2, 0.25) is 0 Å². The number of fused-ring (bicyclic) bond motifs is 1. The molecule has 1 amide bonds. The van der Waals surface area contributed by atoms with E-state index in [2.05, 4.69) is 11.1 Å². The van der Waals surface area contributed by atoms with Gasteiger partial charge in [0.05, 0.1) is 12.1 Å². The Hall–Kier alpha value is -2.16. The topological polar surface area (TPSA) is 64.8 Å². The molecular formula is C16H22N2O4. The molecule has 0 saturated heterocycles. The van der Waals surface area contributed by atoms with Crippen molar-refractivity contribution in [2.75, 3.05) is 13.2 Å². The minimum absolute atomic E-state index is 0.111. The predicted molar refractivity (Wildman–Crippen MR) is 80.5 cm³/mol. The van der Waals surface area contributed by atoms with Crippen LogP contribution in [-0.4, -0.2) is 34.9 Å². The summed E-state index contributed by atoms with van der Waals surface area (Å²) in [5, 5.41) is 3.92. The van der Waals surface area contributed by atoms with Crippen LogP contribution in [0.5, 0.6) is 5.88 Å². The highest BCUT2D eigenvalue weighted by Gasteiger charge is 2.31. The van der Waals surface area contributed by atoms with Gasteiger partial charge in [-0.3, -0.25) is 0 Å². The van der Waals surface area contributed by atoms with E-state index in [1.54, 1.807) is 4.90 Å². The SMILES string of the molecule is C#CCOc1noc2c1CN(C(=O)OC(C)(C)C)CCC2C. The number of nitrogens with zero attached hydrogens (tertiary/aromatic N) is 2. The van der Waals surface area contributed by atoms with Crippen LogP contribution in [0.1, 0.15) is 51.4 Å². The summed E-state index contributed by atoms with van der Waals surface area (Å²) in [7, 11) is 0. The van der Waals surface area contributed by atoms with Crippen LogP contribution < -0.4 is 4.74 Å². The van der Waals surface area contributed by atoms with Crippen LogP contribution >= 0.6 is 0 Å². The minimum atomic E-state index is -0.532. The third-order valence-corrected chi connectivity index (χ3v) is 3.35. The highest BCUT2D eigenvalue weighted by atomic mass is 16.6. The maximum Gasteiger partial charge on any atom is 0.410 e. The molecule has 0 fully saturated rings. The van der Waals surface area contributed by atoms with Gasteiger partial charge in [-0.25, -0.2) is 4.79 Å². The Morgan fingerprint density at radius 1 is 1.55 bits per heavy atom. The Morgan fingerprint density at radius 3 is 2.91 bits per heavy atom. The predicted octanol–water partition coefficient (Wildman–Crippen LogP) is 2.93. The molecule has 1 atom stereocenters. The summed E-state index contributed by atoms with van der Waals surface area (Å²) < 4.78 is 16.2. The van der Waals surface area contributed by atoms with Crippen LogP contribution in [0.3, 0.4) is 0 Å². The lowest BCUT2D eigenvalue weighted by atomic mass is 10.0. The summed E-state index contributed by atoms with van der Waals surface area (Å²) in [6, 6.07) is 0. The molecule has 1 unspecified atom stereocenters. The van der Waals surface area contributed by atoms with E-state index >= 15 is 0 Å². The van der Waals surface area contributed by atoms with Gasteiger partial charge in [-0.15, -0.1) is 6.42 Å². The van der Waals surface area contributed by atoms with Crippen molar-refractivity contribution in [3.63, 3.8) is 0 Å². The molecule has 0 N–H and O–H groups in total. The maximum atomic E-state index is 12.3. The van der Waals surface area contributed by atoms with Gasteiger partial charge < -0.3 is 18.9 Å². The third kappa shape index (κ3) is 3.73. The lowest BCUT2D eigenvalue weighted by Crippen LogP contribution is -2.36. The summed E-state index contributed by atoms with van der Waals surface area (Å²) in [6.07, 6.45) is 5.63. The first-order valence-electron chi connectivity index (χ1n) is 7.34. The van der Waals surface area contributed by atoms with Crippen molar-refractivity contribution in [2.45, 2.75) is 52.2 Å². The van der Waals surface area contributed by atoms with Gasteiger partial charge in [0.15, 0.2) is 6.61 Å². The van der Waals surface area contributed by atoms with Gasteiger partial charge in [0.25, 0.3) is 5.88 Å². The van der Waals surface area contributed by atoms with Gasteiger partial charge in [0.1, 0.15) is 11.4 Å². The van der Waals surface area contributed by atoms with Gasteiger partial charge in [0, 0.05) is 12.5 Å². The molecule has 0 saturated carbocycles. The Labute approximate surface area is 130 Å². The number of ether oxygens (including phenoxy) is 2. The number of carbonyl (C=O) groups excluding carboxylic acids is 1. The summed E-state index contributed by atoms with van der Waals surface area (Å²) in [5.41, 5.74) is 0.237. The number of rotatable bonds is 2. The molecule has 2 rings (SSSR count). The fraction of sp³-hybridized carbons (Fsp3) is 0.625. The van der Waals surface area contributed by atoms with Gasteiger partial charge in [0.2, 0.25) is 0 Å². The van der Waals surface area contributed by atoms with Gasteiger partial charge >= 0.3 is 6.09 Å². The van der Waals surface area contributed by atoms with Crippen molar-refractivity contribution in [1.82, 2.24) is 10.1 Å². The van der Waals surface area contributed by atoms with Crippen LogP contribution in [0.4, 0.5) is 4.79 Å². The fourth-order valence-electron chi connectivity index (χ4n) is 2.30. The fourth-order valence-corrected chi connectivity index (χ4v) is 2.30. The lowest BCUT2D eigenvalue weighted by Gasteiger charge is -2.26. The summed E-state index contributed by atoms with van der Waals surface area (Å²) in [6.45, 7) is 8.62. The molecule has 0 spiro atoms. The van der Waals surface area contributed by atoms with E-state index in [9.17, 15) is 4.79 Å². The Balaban J connectivity index is 2.21. The van der Waals surface area contributed by atoms with Crippen molar-refractivity contribution >= 4 is 6.09 Å². The molecule has 2 heterocycles. The van der Waals surface area contributed by atoms with E-state index in [4.69, 9.17) is 20.4 Å². The number of amides is 1. The molecule has 1 aromatic rings. The molecule has 1 aromatic heterocycles. The van der Waals surface area contributed by atoms with Crippen molar-refractivity contribution in [3.05, 3.63) is 11.3 Å².